The molecule has 1 N–H and O–H groups in total. The van der Waals surface area contributed by atoms with E-state index in [2.05, 4.69) is 17.5 Å². The van der Waals surface area contributed by atoms with Crippen molar-refractivity contribution in [2.75, 3.05) is 6.61 Å². The number of amides is 1. The molecule has 0 radical (unpaired) electrons. The van der Waals surface area contributed by atoms with Crippen molar-refractivity contribution in [2.24, 2.45) is 5.10 Å². The van der Waals surface area contributed by atoms with E-state index in [1.54, 1.807) is 13.1 Å². The van der Waals surface area contributed by atoms with Crippen LogP contribution < -0.4 is 14.9 Å². The first-order valence-corrected chi connectivity index (χ1v) is 9.37. The summed E-state index contributed by atoms with van der Waals surface area (Å²) in [4.78, 5) is 12.3. The summed E-state index contributed by atoms with van der Waals surface area (Å²) < 4.78 is 11.4. The molecule has 5 nitrogen and oxygen atoms in total. The first kappa shape index (κ1) is 19.4. The van der Waals surface area contributed by atoms with Crippen molar-refractivity contribution in [2.45, 2.75) is 26.4 Å². The van der Waals surface area contributed by atoms with Crippen LogP contribution in [0.4, 0.5) is 0 Å². The van der Waals surface area contributed by atoms with Crippen LogP contribution in [0, 0.1) is 0 Å². The summed E-state index contributed by atoms with van der Waals surface area (Å²) in [6.45, 7) is 4.46. The minimum absolute atomic E-state index is 0.313. The van der Waals surface area contributed by atoms with E-state index in [-0.39, 0.29) is 5.91 Å². The monoisotopic (exact) mass is 376 g/mol. The van der Waals surface area contributed by atoms with E-state index < -0.39 is 6.10 Å². The molecule has 0 saturated heterocycles. The Labute approximate surface area is 165 Å². The molecule has 0 spiro atoms. The van der Waals surface area contributed by atoms with E-state index in [0.717, 1.165) is 28.5 Å². The maximum Gasteiger partial charge on any atom is 0.280 e. The van der Waals surface area contributed by atoms with Crippen LogP contribution in [-0.2, 0) is 4.79 Å². The molecule has 3 aromatic rings. The fraction of sp³-hybridized carbons (Fsp3) is 0.217. The Morgan fingerprint density at radius 3 is 2.61 bits per heavy atom. The average Bonchev–Trinajstić information content (AvgIpc) is 2.73. The second-order valence-corrected chi connectivity index (χ2v) is 6.39. The number of benzene rings is 3. The number of hydrogen-bond donors (Lipinski definition) is 1. The lowest BCUT2D eigenvalue weighted by molar-refractivity contribution is -0.127. The van der Waals surface area contributed by atoms with Gasteiger partial charge in [0.2, 0.25) is 0 Å². The van der Waals surface area contributed by atoms with Crippen LogP contribution in [0.3, 0.4) is 0 Å². The molecular formula is C23H24N2O3. The molecule has 144 valence electrons. The van der Waals surface area contributed by atoms with Crippen LogP contribution in [0.2, 0.25) is 0 Å². The van der Waals surface area contributed by atoms with Gasteiger partial charge >= 0.3 is 0 Å². The summed E-state index contributed by atoms with van der Waals surface area (Å²) in [5.74, 6) is 1.18. The molecule has 28 heavy (non-hydrogen) atoms. The van der Waals surface area contributed by atoms with Gasteiger partial charge in [-0.25, -0.2) is 5.43 Å². The van der Waals surface area contributed by atoms with Gasteiger partial charge in [0.25, 0.3) is 5.91 Å². The van der Waals surface area contributed by atoms with E-state index >= 15 is 0 Å². The van der Waals surface area contributed by atoms with E-state index in [1.807, 2.05) is 66.7 Å². The lowest BCUT2D eigenvalue weighted by atomic mass is 10.1. The average molecular weight is 376 g/mol. The Hall–Kier alpha value is -3.34. The number of carbonyl (C=O) groups excluding carboxylic acids is 1. The molecule has 0 fully saturated rings. The van der Waals surface area contributed by atoms with Crippen LogP contribution >= 0.6 is 0 Å². The van der Waals surface area contributed by atoms with Crippen molar-refractivity contribution in [1.82, 2.24) is 5.43 Å². The first-order chi connectivity index (χ1) is 13.7. The summed E-state index contributed by atoms with van der Waals surface area (Å²) in [7, 11) is 0. The van der Waals surface area contributed by atoms with E-state index in [1.165, 1.54) is 0 Å². The molecule has 5 heteroatoms. The molecule has 0 bridgehead atoms. The summed E-state index contributed by atoms with van der Waals surface area (Å²) in [6, 6.07) is 21.2. The van der Waals surface area contributed by atoms with Gasteiger partial charge in [0, 0.05) is 5.39 Å². The zero-order valence-electron chi connectivity index (χ0n) is 16.1. The number of rotatable bonds is 8. The number of ether oxygens (including phenoxy) is 2. The normalized spacial score (nSPS) is 12.1. The smallest absolute Gasteiger partial charge is 0.280 e. The highest BCUT2D eigenvalue weighted by Crippen LogP contribution is 2.26. The second-order valence-electron chi connectivity index (χ2n) is 6.39. The quantitative estimate of drug-likeness (QED) is 0.464. The lowest BCUT2D eigenvalue weighted by Gasteiger charge is -2.14. The molecule has 1 amide bonds. The summed E-state index contributed by atoms with van der Waals surface area (Å²) in [6.07, 6.45) is 1.88. The van der Waals surface area contributed by atoms with Crippen molar-refractivity contribution in [3.05, 3.63) is 72.3 Å². The SMILES string of the molecule is CCCOc1ccc(/C=N\NC(=O)[C@@H](C)Oc2cccc3ccccc23)cc1. The molecule has 3 rings (SSSR count). The maximum atomic E-state index is 12.3. The fourth-order valence-electron chi connectivity index (χ4n) is 2.67. The van der Waals surface area contributed by atoms with Gasteiger partial charge in [-0.2, -0.15) is 5.10 Å². The van der Waals surface area contributed by atoms with E-state index in [9.17, 15) is 4.79 Å². The Balaban J connectivity index is 1.56. The topological polar surface area (TPSA) is 59.9 Å². The van der Waals surface area contributed by atoms with Crippen molar-refractivity contribution >= 4 is 22.9 Å². The molecule has 0 unspecified atom stereocenters. The van der Waals surface area contributed by atoms with Crippen LogP contribution in [0.5, 0.6) is 11.5 Å². The Bertz CT molecular complexity index is 946. The van der Waals surface area contributed by atoms with Gasteiger partial charge in [0.05, 0.1) is 12.8 Å². The third kappa shape index (κ3) is 5.10. The maximum absolute atomic E-state index is 12.3. The molecular weight excluding hydrogens is 352 g/mol. The molecule has 0 aliphatic carbocycles. The van der Waals surface area contributed by atoms with E-state index in [4.69, 9.17) is 9.47 Å². The summed E-state index contributed by atoms with van der Waals surface area (Å²) in [5.41, 5.74) is 3.39. The number of carbonyl (C=O) groups is 1. The Kier molecular flexibility index (Phi) is 6.63. The van der Waals surface area contributed by atoms with Gasteiger partial charge in [-0.1, -0.05) is 43.3 Å². The van der Waals surface area contributed by atoms with Gasteiger partial charge < -0.3 is 9.47 Å². The van der Waals surface area contributed by atoms with Crippen molar-refractivity contribution in [1.29, 1.82) is 0 Å². The Morgan fingerprint density at radius 2 is 1.82 bits per heavy atom. The van der Waals surface area contributed by atoms with Gasteiger partial charge in [-0.05, 0) is 54.6 Å². The Morgan fingerprint density at radius 1 is 1.07 bits per heavy atom. The highest BCUT2D eigenvalue weighted by atomic mass is 16.5. The first-order valence-electron chi connectivity index (χ1n) is 9.37. The number of nitrogens with zero attached hydrogens (tertiary/aromatic N) is 1. The highest BCUT2D eigenvalue weighted by Gasteiger charge is 2.15. The summed E-state index contributed by atoms with van der Waals surface area (Å²) in [5, 5.41) is 6.05. The number of hydrazone groups is 1. The number of fused-ring (bicyclic) bond motifs is 1. The van der Waals surface area contributed by atoms with Crippen LogP contribution in [0.25, 0.3) is 10.8 Å². The third-order valence-corrected chi connectivity index (χ3v) is 4.16. The fourth-order valence-corrected chi connectivity index (χ4v) is 2.67. The molecule has 3 aromatic carbocycles. The van der Waals surface area contributed by atoms with Crippen LogP contribution in [-0.4, -0.2) is 24.8 Å². The van der Waals surface area contributed by atoms with Gasteiger partial charge in [0.1, 0.15) is 11.5 Å². The highest BCUT2D eigenvalue weighted by molar-refractivity contribution is 5.89. The minimum atomic E-state index is -0.673. The zero-order chi connectivity index (χ0) is 19.8. The second kappa shape index (κ2) is 9.55. The molecule has 0 heterocycles. The number of nitrogens with one attached hydrogen (secondary N) is 1. The minimum Gasteiger partial charge on any atom is -0.494 e. The lowest BCUT2D eigenvalue weighted by Crippen LogP contribution is -2.33. The molecule has 0 aliphatic rings. The van der Waals surface area contributed by atoms with Gasteiger partial charge in [0.15, 0.2) is 6.10 Å². The third-order valence-electron chi connectivity index (χ3n) is 4.16. The molecule has 0 aliphatic heterocycles. The van der Waals surface area contributed by atoms with E-state index in [0.29, 0.717) is 12.4 Å². The standard InChI is InChI=1S/C23H24N2O3/c1-3-15-27-20-13-11-18(12-14-20)16-24-25-23(26)17(2)28-22-10-6-8-19-7-4-5-9-21(19)22/h4-14,16-17H,3,15H2,1-2H3,(H,25,26)/b24-16-/t17-/m1/s1. The summed E-state index contributed by atoms with van der Waals surface area (Å²) >= 11 is 0. The molecule has 0 aromatic heterocycles. The van der Waals surface area contributed by atoms with Crippen molar-refractivity contribution in [3.63, 3.8) is 0 Å². The van der Waals surface area contributed by atoms with Crippen molar-refractivity contribution in [3.8, 4) is 11.5 Å². The number of hydrogen-bond acceptors (Lipinski definition) is 4. The predicted molar refractivity (Wildman–Crippen MR) is 112 cm³/mol. The molecule has 0 saturated carbocycles. The zero-order valence-corrected chi connectivity index (χ0v) is 16.1. The largest absolute Gasteiger partial charge is 0.494 e. The van der Waals surface area contributed by atoms with Gasteiger partial charge in [-0.15, -0.1) is 0 Å². The van der Waals surface area contributed by atoms with Crippen LogP contribution in [0.1, 0.15) is 25.8 Å². The van der Waals surface area contributed by atoms with Gasteiger partial charge in [-0.3, -0.25) is 4.79 Å². The predicted octanol–water partition coefficient (Wildman–Crippen LogP) is 4.55. The van der Waals surface area contributed by atoms with Crippen LogP contribution in [0.15, 0.2) is 71.8 Å². The van der Waals surface area contributed by atoms with Crippen molar-refractivity contribution < 1.29 is 14.3 Å². The molecule has 1 atom stereocenters.